The van der Waals surface area contributed by atoms with E-state index in [1.54, 1.807) is 7.05 Å². The van der Waals surface area contributed by atoms with Gasteiger partial charge in [-0.3, -0.25) is 0 Å². The summed E-state index contributed by atoms with van der Waals surface area (Å²) >= 11 is 0. The summed E-state index contributed by atoms with van der Waals surface area (Å²) in [5.74, 6) is 1.17. The van der Waals surface area contributed by atoms with Crippen molar-refractivity contribution in [3.63, 3.8) is 0 Å². The molecule has 2 rings (SSSR count). The van der Waals surface area contributed by atoms with Crippen LogP contribution in [0, 0.1) is 5.92 Å². The van der Waals surface area contributed by atoms with E-state index in [4.69, 9.17) is 4.74 Å². The normalized spacial score (nSPS) is 15.5. The van der Waals surface area contributed by atoms with Crippen LogP contribution >= 0.6 is 0 Å². The van der Waals surface area contributed by atoms with Crippen LogP contribution in [0.25, 0.3) is 0 Å². The number of urea groups is 1. The molecule has 1 aromatic rings. The molecule has 0 heterocycles. The molecule has 0 radical (unpaired) electrons. The number of para-hydroxylation sites is 1. The predicted octanol–water partition coefficient (Wildman–Crippen LogP) is 1.48. The topological polar surface area (TPSA) is 61.8 Å². The van der Waals surface area contributed by atoms with Gasteiger partial charge in [-0.05, 0) is 30.9 Å². The standard InChI is InChI=1S/C15H22N2O3/c1-17(11-14(18)12-7-8-12)15(19)16-9-10-20-13-5-3-2-4-6-13/h2-6,12,14,18H,7-11H2,1H3,(H,16,19). The highest BCUT2D eigenvalue weighted by Gasteiger charge is 2.31. The average molecular weight is 278 g/mol. The Morgan fingerprint density at radius 3 is 2.80 bits per heavy atom. The molecule has 0 bridgehead atoms. The number of hydrogen-bond donors (Lipinski definition) is 2. The van der Waals surface area contributed by atoms with E-state index in [9.17, 15) is 9.90 Å². The van der Waals surface area contributed by atoms with Gasteiger partial charge < -0.3 is 20.1 Å². The number of carbonyl (C=O) groups excluding carboxylic acids is 1. The van der Waals surface area contributed by atoms with Crippen molar-refractivity contribution in [3.05, 3.63) is 30.3 Å². The van der Waals surface area contributed by atoms with Crippen molar-refractivity contribution in [2.75, 3.05) is 26.7 Å². The smallest absolute Gasteiger partial charge is 0.317 e. The maximum atomic E-state index is 11.8. The molecule has 5 heteroatoms. The third kappa shape index (κ3) is 4.74. The molecule has 1 aliphatic carbocycles. The van der Waals surface area contributed by atoms with Gasteiger partial charge in [-0.2, -0.15) is 0 Å². The summed E-state index contributed by atoms with van der Waals surface area (Å²) in [5, 5.41) is 12.6. The molecule has 1 aliphatic rings. The Morgan fingerprint density at radius 1 is 1.45 bits per heavy atom. The van der Waals surface area contributed by atoms with E-state index in [1.807, 2.05) is 30.3 Å². The van der Waals surface area contributed by atoms with Gasteiger partial charge in [-0.25, -0.2) is 4.79 Å². The number of rotatable bonds is 7. The van der Waals surface area contributed by atoms with Gasteiger partial charge in [-0.1, -0.05) is 18.2 Å². The summed E-state index contributed by atoms with van der Waals surface area (Å²) < 4.78 is 5.48. The first-order valence-electron chi connectivity index (χ1n) is 7.01. The maximum absolute atomic E-state index is 11.8. The summed E-state index contributed by atoms with van der Waals surface area (Å²) in [6.07, 6.45) is 1.75. The predicted molar refractivity (Wildman–Crippen MR) is 76.7 cm³/mol. The molecule has 20 heavy (non-hydrogen) atoms. The van der Waals surface area contributed by atoms with Crippen molar-refractivity contribution in [1.29, 1.82) is 0 Å². The fourth-order valence-electron chi connectivity index (χ4n) is 1.97. The summed E-state index contributed by atoms with van der Waals surface area (Å²) in [5.41, 5.74) is 0. The van der Waals surface area contributed by atoms with Crippen molar-refractivity contribution in [2.45, 2.75) is 18.9 Å². The van der Waals surface area contributed by atoms with E-state index < -0.39 is 6.10 Å². The lowest BCUT2D eigenvalue weighted by molar-refractivity contribution is 0.113. The molecule has 1 aromatic carbocycles. The van der Waals surface area contributed by atoms with Crippen molar-refractivity contribution in [3.8, 4) is 5.75 Å². The van der Waals surface area contributed by atoms with Gasteiger partial charge >= 0.3 is 6.03 Å². The van der Waals surface area contributed by atoms with Crippen LogP contribution in [-0.4, -0.2) is 48.9 Å². The largest absolute Gasteiger partial charge is 0.492 e. The molecule has 5 nitrogen and oxygen atoms in total. The van der Waals surface area contributed by atoms with E-state index in [1.165, 1.54) is 4.90 Å². The van der Waals surface area contributed by atoms with Crippen LogP contribution in [0.3, 0.4) is 0 Å². The Morgan fingerprint density at radius 2 is 2.15 bits per heavy atom. The number of hydrogen-bond acceptors (Lipinski definition) is 3. The zero-order valence-electron chi connectivity index (χ0n) is 11.8. The molecule has 0 spiro atoms. The molecule has 110 valence electrons. The van der Waals surface area contributed by atoms with E-state index in [0.717, 1.165) is 18.6 Å². The molecule has 2 N–H and O–H groups in total. The second-order valence-electron chi connectivity index (χ2n) is 5.18. The van der Waals surface area contributed by atoms with E-state index in [-0.39, 0.29) is 6.03 Å². The number of nitrogens with zero attached hydrogens (tertiary/aromatic N) is 1. The minimum Gasteiger partial charge on any atom is -0.492 e. The molecule has 2 amide bonds. The van der Waals surface area contributed by atoms with Gasteiger partial charge in [0.2, 0.25) is 0 Å². The third-order valence-electron chi connectivity index (χ3n) is 3.36. The number of benzene rings is 1. The number of nitrogens with one attached hydrogen (secondary N) is 1. The second-order valence-corrected chi connectivity index (χ2v) is 5.18. The maximum Gasteiger partial charge on any atom is 0.317 e. The highest BCUT2D eigenvalue weighted by atomic mass is 16.5. The molecule has 0 aliphatic heterocycles. The summed E-state index contributed by atoms with van der Waals surface area (Å²) in [6, 6.07) is 9.30. The summed E-state index contributed by atoms with van der Waals surface area (Å²) in [4.78, 5) is 13.3. The van der Waals surface area contributed by atoms with Crippen LogP contribution in [0.15, 0.2) is 30.3 Å². The van der Waals surface area contributed by atoms with Crippen LogP contribution < -0.4 is 10.1 Å². The molecule has 0 aromatic heterocycles. The molecule has 0 saturated heterocycles. The monoisotopic (exact) mass is 278 g/mol. The number of amides is 2. The highest BCUT2D eigenvalue weighted by Crippen LogP contribution is 2.32. The Kier molecular flexibility index (Phi) is 5.24. The second kappa shape index (κ2) is 7.14. The summed E-state index contributed by atoms with van der Waals surface area (Å²) in [7, 11) is 1.69. The number of carbonyl (C=O) groups is 1. The third-order valence-corrected chi connectivity index (χ3v) is 3.36. The van der Waals surface area contributed by atoms with Crippen LogP contribution in [0.1, 0.15) is 12.8 Å². The Labute approximate surface area is 119 Å². The highest BCUT2D eigenvalue weighted by molar-refractivity contribution is 5.73. The molecule has 1 unspecified atom stereocenters. The van der Waals surface area contributed by atoms with Crippen molar-refractivity contribution in [1.82, 2.24) is 10.2 Å². The van der Waals surface area contributed by atoms with Gasteiger partial charge in [-0.15, -0.1) is 0 Å². The summed E-state index contributed by atoms with van der Waals surface area (Å²) in [6.45, 7) is 1.25. The van der Waals surface area contributed by atoms with E-state index >= 15 is 0 Å². The number of aliphatic hydroxyl groups is 1. The Balaban J connectivity index is 1.59. The lowest BCUT2D eigenvalue weighted by Gasteiger charge is -2.21. The first-order chi connectivity index (χ1) is 9.66. The van der Waals surface area contributed by atoms with Gasteiger partial charge in [0.15, 0.2) is 0 Å². The van der Waals surface area contributed by atoms with Crippen LogP contribution in [-0.2, 0) is 0 Å². The average Bonchev–Trinajstić information content (AvgIpc) is 3.29. The van der Waals surface area contributed by atoms with E-state index in [0.29, 0.717) is 25.6 Å². The van der Waals surface area contributed by atoms with Crippen LogP contribution in [0.2, 0.25) is 0 Å². The van der Waals surface area contributed by atoms with E-state index in [2.05, 4.69) is 5.32 Å². The van der Waals surface area contributed by atoms with Gasteiger partial charge in [0.05, 0.1) is 12.6 Å². The first kappa shape index (κ1) is 14.7. The molecule has 1 atom stereocenters. The van der Waals surface area contributed by atoms with Crippen LogP contribution in [0.4, 0.5) is 4.79 Å². The Hall–Kier alpha value is -1.75. The van der Waals surface area contributed by atoms with Gasteiger partial charge in [0.1, 0.15) is 12.4 Å². The first-order valence-corrected chi connectivity index (χ1v) is 7.01. The minimum atomic E-state index is -0.397. The molecular formula is C15H22N2O3. The fraction of sp³-hybridized carbons (Fsp3) is 0.533. The molecular weight excluding hydrogens is 256 g/mol. The Bertz CT molecular complexity index is 420. The van der Waals surface area contributed by atoms with Crippen LogP contribution in [0.5, 0.6) is 5.75 Å². The fourth-order valence-corrected chi connectivity index (χ4v) is 1.97. The SMILES string of the molecule is CN(CC(O)C1CC1)C(=O)NCCOc1ccccc1. The lowest BCUT2D eigenvalue weighted by atomic mass is 10.2. The zero-order valence-corrected chi connectivity index (χ0v) is 11.8. The minimum absolute atomic E-state index is 0.179. The number of ether oxygens (including phenoxy) is 1. The van der Waals surface area contributed by atoms with Gasteiger partial charge in [0, 0.05) is 13.6 Å². The van der Waals surface area contributed by atoms with Crippen molar-refractivity contribution in [2.24, 2.45) is 5.92 Å². The lowest BCUT2D eigenvalue weighted by Crippen LogP contribution is -2.43. The van der Waals surface area contributed by atoms with Crippen molar-refractivity contribution >= 4 is 6.03 Å². The van der Waals surface area contributed by atoms with Crippen molar-refractivity contribution < 1.29 is 14.6 Å². The molecule has 1 saturated carbocycles. The quantitative estimate of drug-likeness (QED) is 0.743. The number of aliphatic hydroxyl groups excluding tert-OH is 1. The van der Waals surface area contributed by atoms with Gasteiger partial charge in [0.25, 0.3) is 0 Å². The molecule has 1 fully saturated rings. The number of likely N-dealkylation sites (N-methyl/N-ethyl adjacent to an activating group) is 1. The zero-order chi connectivity index (χ0) is 14.4.